The van der Waals surface area contributed by atoms with Gasteiger partial charge < -0.3 is 9.33 Å². The summed E-state index contributed by atoms with van der Waals surface area (Å²) in [7, 11) is -1.09. The largest absolute Gasteiger partial charge is 0.545 e. The number of benzene rings is 1. The minimum atomic E-state index is -1.09. The summed E-state index contributed by atoms with van der Waals surface area (Å²) in [5.74, 6) is 0.967. The molecule has 0 bridgehead atoms. The Bertz CT molecular complexity index is 426. The minimum Gasteiger partial charge on any atom is -0.545 e. The molecule has 0 aromatic heterocycles. The van der Waals surface area contributed by atoms with Crippen molar-refractivity contribution < 1.29 is 4.43 Å². The quantitative estimate of drug-likeness (QED) is 0.473. The number of likely N-dealkylation sites (tertiary alicyclic amines) is 1. The Morgan fingerprint density at radius 3 is 2.67 bits per heavy atom. The third kappa shape index (κ3) is 3.35. The zero-order valence-corrected chi connectivity index (χ0v) is 12.7. The fourth-order valence-corrected chi connectivity index (χ4v) is 2.91. The topological polar surface area (TPSA) is 24.8 Å². The Morgan fingerprint density at radius 1 is 1.28 bits per heavy atom. The number of aryl methyl sites for hydroxylation is 1. The lowest BCUT2D eigenvalue weighted by atomic mass is 10.2. The Hall–Kier alpha value is -1.29. The minimum absolute atomic E-state index is 0.961. The fraction of sp³-hybridized carbons (Fsp3) is 0.500. The summed E-state index contributed by atoms with van der Waals surface area (Å²) < 4.78 is 6.00. The van der Waals surface area contributed by atoms with Gasteiger partial charge in [-0.1, -0.05) is 12.1 Å². The molecule has 1 aliphatic heterocycles. The van der Waals surface area contributed by atoms with Gasteiger partial charge in [-0.3, -0.25) is 0 Å². The van der Waals surface area contributed by atoms with Crippen LogP contribution in [0.2, 0.25) is 13.1 Å². The Balaban J connectivity index is 2.17. The maximum absolute atomic E-state index is 6.00. The van der Waals surface area contributed by atoms with Crippen LogP contribution in [0.1, 0.15) is 18.4 Å². The highest BCUT2D eigenvalue weighted by Crippen LogP contribution is 2.31. The molecule has 4 heteroatoms. The van der Waals surface area contributed by atoms with Crippen LogP contribution < -0.4 is 4.43 Å². The van der Waals surface area contributed by atoms with E-state index < -0.39 is 9.04 Å². The molecule has 1 saturated heterocycles. The first-order valence-electron chi connectivity index (χ1n) is 6.71. The lowest BCUT2D eigenvalue weighted by Gasteiger charge is -2.15. The van der Waals surface area contributed by atoms with Crippen molar-refractivity contribution in [2.45, 2.75) is 32.9 Å². The third-order valence-electron chi connectivity index (χ3n) is 3.05. The number of aliphatic imine (C=N–C) groups is 1. The zero-order chi connectivity index (χ0) is 13.0. The van der Waals surface area contributed by atoms with Gasteiger partial charge in [-0.25, -0.2) is 4.99 Å². The monoisotopic (exact) mass is 262 g/mol. The van der Waals surface area contributed by atoms with Gasteiger partial charge in [-0.2, -0.15) is 0 Å². The fourth-order valence-electron chi connectivity index (χ4n) is 2.13. The maximum atomic E-state index is 6.00. The zero-order valence-electron chi connectivity index (χ0n) is 11.5. The maximum Gasteiger partial charge on any atom is 0.229 e. The highest BCUT2D eigenvalue weighted by atomic mass is 28.3. The molecule has 0 unspecified atom stereocenters. The van der Waals surface area contributed by atoms with Crippen LogP contribution in [0.25, 0.3) is 0 Å². The van der Waals surface area contributed by atoms with Gasteiger partial charge in [0.15, 0.2) is 0 Å². The van der Waals surface area contributed by atoms with Crippen molar-refractivity contribution in [1.82, 2.24) is 4.90 Å². The molecule has 1 heterocycles. The SMILES string of the molecule is Cc1cccc(N=CN2CCCC2)c1O[SiH](C)C. The number of hydrogen-bond acceptors (Lipinski definition) is 2. The Kier molecular flexibility index (Phi) is 4.41. The lowest BCUT2D eigenvalue weighted by molar-refractivity contribution is 0.535. The van der Waals surface area contributed by atoms with Crippen LogP contribution in [-0.4, -0.2) is 33.4 Å². The smallest absolute Gasteiger partial charge is 0.229 e. The Labute approximate surface area is 111 Å². The van der Waals surface area contributed by atoms with Crippen LogP contribution in [-0.2, 0) is 0 Å². The van der Waals surface area contributed by atoms with Crippen LogP contribution >= 0.6 is 0 Å². The van der Waals surface area contributed by atoms with Crippen molar-refractivity contribution in [3.8, 4) is 5.75 Å². The van der Waals surface area contributed by atoms with Crippen molar-refractivity contribution in [2.75, 3.05) is 13.1 Å². The normalized spacial score (nSPS) is 15.9. The molecule has 0 radical (unpaired) electrons. The van der Waals surface area contributed by atoms with Gasteiger partial charge in [0.05, 0.1) is 6.34 Å². The summed E-state index contributed by atoms with van der Waals surface area (Å²) >= 11 is 0. The van der Waals surface area contributed by atoms with E-state index in [0.29, 0.717) is 0 Å². The van der Waals surface area contributed by atoms with E-state index in [1.165, 1.54) is 18.4 Å². The molecule has 18 heavy (non-hydrogen) atoms. The number of para-hydroxylation sites is 1. The predicted octanol–water partition coefficient (Wildman–Crippen LogP) is 3.11. The molecule has 0 spiro atoms. The second kappa shape index (κ2) is 6.04. The third-order valence-corrected chi connectivity index (χ3v) is 3.75. The van der Waals surface area contributed by atoms with Gasteiger partial charge in [0, 0.05) is 13.1 Å². The molecule has 0 N–H and O–H groups in total. The van der Waals surface area contributed by atoms with E-state index in [1.54, 1.807) is 0 Å². The van der Waals surface area contributed by atoms with Crippen LogP contribution in [0.4, 0.5) is 5.69 Å². The molecule has 1 aromatic carbocycles. The van der Waals surface area contributed by atoms with E-state index in [0.717, 1.165) is 24.5 Å². The van der Waals surface area contributed by atoms with Crippen LogP contribution in [0.5, 0.6) is 5.75 Å². The molecule has 1 aliphatic rings. The van der Waals surface area contributed by atoms with Crippen molar-refractivity contribution in [2.24, 2.45) is 4.99 Å². The van der Waals surface area contributed by atoms with Crippen molar-refractivity contribution in [3.63, 3.8) is 0 Å². The molecule has 0 amide bonds. The van der Waals surface area contributed by atoms with E-state index in [-0.39, 0.29) is 0 Å². The average Bonchev–Trinajstić information content (AvgIpc) is 2.82. The second-order valence-electron chi connectivity index (χ2n) is 5.08. The van der Waals surface area contributed by atoms with Gasteiger partial charge in [0.2, 0.25) is 9.04 Å². The molecular formula is C14H22N2OSi. The first kappa shape index (κ1) is 13.1. The molecule has 0 aliphatic carbocycles. The van der Waals surface area contributed by atoms with E-state index in [4.69, 9.17) is 4.43 Å². The van der Waals surface area contributed by atoms with E-state index in [1.807, 2.05) is 18.5 Å². The molecule has 1 fully saturated rings. The summed E-state index contributed by atoms with van der Waals surface area (Å²) in [6.07, 6.45) is 4.53. The van der Waals surface area contributed by atoms with Crippen LogP contribution in [0, 0.1) is 6.92 Å². The summed E-state index contributed by atoms with van der Waals surface area (Å²) in [5, 5.41) is 0. The molecule has 0 atom stereocenters. The summed E-state index contributed by atoms with van der Waals surface area (Å²) in [6.45, 7) is 8.71. The van der Waals surface area contributed by atoms with Crippen molar-refractivity contribution in [1.29, 1.82) is 0 Å². The first-order chi connectivity index (χ1) is 8.66. The number of nitrogens with zero attached hydrogens (tertiary/aromatic N) is 2. The predicted molar refractivity (Wildman–Crippen MR) is 79.6 cm³/mol. The second-order valence-corrected chi connectivity index (χ2v) is 7.41. The summed E-state index contributed by atoms with van der Waals surface area (Å²) in [5.41, 5.74) is 2.13. The summed E-state index contributed by atoms with van der Waals surface area (Å²) in [4.78, 5) is 6.88. The molecule has 0 saturated carbocycles. The van der Waals surface area contributed by atoms with Crippen LogP contribution in [0.15, 0.2) is 23.2 Å². The lowest BCUT2D eigenvalue weighted by Crippen LogP contribution is -2.16. The highest BCUT2D eigenvalue weighted by Gasteiger charge is 2.10. The van der Waals surface area contributed by atoms with Gasteiger partial charge in [0.25, 0.3) is 0 Å². The van der Waals surface area contributed by atoms with Gasteiger partial charge in [-0.15, -0.1) is 0 Å². The molecule has 98 valence electrons. The van der Waals surface area contributed by atoms with Crippen LogP contribution in [0.3, 0.4) is 0 Å². The summed E-state index contributed by atoms with van der Waals surface area (Å²) in [6, 6.07) is 6.16. The Morgan fingerprint density at radius 2 is 2.00 bits per heavy atom. The molecular weight excluding hydrogens is 240 g/mol. The highest BCUT2D eigenvalue weighted by molar-refractivity contribution is 6.49. The standard InChI is InChI=1S/C14H22N2OSi/c1-12-7-6-8-13(14(12)17-18(2)3)15-11-16-9-4-5-10-16/h6-8,11,18H,4-5,9-10H2,1-3H3. The van der Waals surface area contributed by atoms with Crippen molar-refractivity contribution >= 4 is 21.1 Å². The van der Waals surface area contributed by atoms with Gasteiger partial charge >= 0.3 is 0 Å². The van der Waals surface area contributed by atoms with Gasteiger partial charge in [-0.05, 0) is 44.5 Å². The van der Waals surface area contributed by atoms with E-state index in [9.17, 15) is 0 Å². The van der Waals surface area contributed by atoms with Crippen molar-refractivity contribution in [3.05, 3.63) is 23.8 Å². The first-order valence-corrected chi connectivity index (χ1v) is 9.49. The molecule has 1 aromatic rings. The van der Waals surface area contributed by atoms with E-state index >= 15 is 0 Å². The number of hydrogen-bond donors (Lipinski definition) is 0. The van der Waals surface area contributed by atoms with Gasteiger partial charge in [0.1, 0.15) is 11.4 Å². The van der Waals surface area contributed by atoms with E-state index in [2.05, 4.69) is 36.0 Å². The molecule has 2 rings (SSSR count). The average molecular weight is 262 g/mol. The number of rotatable bonds is 4. The molecule has 3 nitrogen and oxygen atoms in total.